The van der Waals surface area contributed by atoms with Gasteiger partial charge in [-0.15, -0.1) is 6.58 Å². The third kappa shape index (κ3) is 2.98. The number of rotatable bonds is 4. The van der Waals surface area contributed by atoms with Gasteiger partial charge in [0, 0.05) is 6.08 Å². The van der Waals surface area contributed by atoms with E-state index in [4.69, 9.17) is 15.3 Å². The molecule has 0 aliphatic carbocycles. The molecule has 1 unspecified atom stereocenters. The summed E-state index contributed by atoms with van der Waals surface area (Å²) in [6, 6.07) is 0. The van der Waals surface area contributed by atoms with Crippen molar-refractivity contribution in [3.63, 3.8) is 0 Å². The highest BCUT2D eigenvalue weighted by atomic mass is 16.4. The van der Waals surface area contributed by atoms with Crippen molar-refractivity contribution in [2.24, 2.45) is 0 Å². The minimum absolute atomic E-state index is 0.425. The molecule has 1 atom stereocenters. The van der Waals surface area contributed by atoms with Gasteiger partial charge in [0.25, 0.3) is 0 Å². The number of carboxylic acid groups (broad SMARTS) is 2. The van der Waals surface area contributed by atoms with Crippen LogP contribution in [-0.2, 0) is 9.59 Å². The summed E-state index contributed by atoms with van der Waals surface area (Å²) in [4.78, 5) is 20.3. The van der Waals surface area contributed by atoms with E-state index in [9.17, 15) is 9.59 Å². The summed E-state index contributed by atoms with van der Waals surface area (Å²) in [6.45, 7) is 3.12. The van der Waals surface area contributed by atoms with Crippen molar-refractivity contribution in [2.45, 2.75) is 6.10 Å². The molecular weight excluding hydrogens is 164 g/mol. The van der Waals surface area contributed by atoms with E-state index in [-0.39, 0.29) is 0 Å². The second-order valence-electron chi connectivity index (χ2n) is 1.92. The van der Waals surface area contributed by atoms with Crippen molar-refractivity contribution in [2.75, 3.05) is 0 Å². The molecule has 5 nitrogen and oxygen atoms in total. The first-order valence-corrected chi connectivity index (χ1v) is 2.97. The molecule has 0 heterocycles. The third-order valence-corrected chi connectivity index (χ3v) is 1.07. The molecule has 0 saturated carbocycles. The van der Waals surface area contributed by atoms with Gasteiger partial charge in [0.2, 0.25) is 0 Å². The highest BCUT2D eigenvalue weighted by Gasteiger charge is 2.15. The molecule has 0 radical (unpaired) electrons. The van der Waals surface area contributed by atoms with Gasteiger partial charge in [-0.25, -0.2) is 9.59 Å². The maximum atomic E-state index is 10.3. The molecule has 0 aromatic carbocycles. The summed E-state index contributed by atoms with van der Waals surface area (Å²) >= 11 is 0. The lowest BCUT2D eigenvalue weighted by Crippen LogP contribution is -2.16. The molecule has 0 saturated heterocycles. The average Bonchev–Trinajstić information content (AvgIpc) is 1.98. The Morgan fingerprint density at radius 3 is 2.08 bits per heavy atom. The Balaban J connectivity index is 4.78. The Morgan fingerprint density at radius 1 is 1.33 bits per heavy atom. The van der Waals surface area contributed by atoms with Crippen LogP contribution in [0.2, 0.25) is 0 Å². The van der Waals surface area contributed by atoms with Gasteiger partial charge in [-0.1, -0.05) is 6.08 Å². The number of aliphatic carboxylic acids is 2. The molecule has 0 rings (SSSR count). The molecule has 0 aromatic rings. The predicted molar refractivity (Wildman–Crippen MR) is 39.6 cm³/mol. The van der Waals surface area contributed by atoms with E-state index < -0.39 is 23.6 Å². The number of aliphatic hydroxyl groups is 1. The molecule has 5 heteroatoms. The first-order chi connectivity index (χ1) is 5.49. The second-order valence-corrected chi connectivity index (χ2v) is 1.92. The number of hydrogen-bond acceptors (Lipinski definition) is 3. The third-order valence-electron chi connectivity index (χ3n) is 1.07. The van der Waals surface area contributed by atoms with Crippen LogP contribution in [0.1, 0.15) is 0 Å². The van der Waals surface area contributed by atoms with Gasteiger partial charge in [-0.2, -0.15) is 0 Å². The Hall–Kier alpha value is -1.62. The smallest absolute Gasteiger partial charge is 0.334 e. The van der Waals surface area contributed by atoms with Crippen molar-refractivity contribution in [3.8, 4) is 0 Å². The molecule has 0 bridgehead atoms. The lowest BCUT2D eigenvalue weighted by molar-refractivity contribution is -0.135. The van der Waals surface area contributed by atoms with E-state index in [1.165, 1.54) is 0 Å². The van der Waals surface area contributed by atoms with E-state index >= 15 is 0 Å². The fraction of sp³-hybridized carbons (Fsp3) is 0.143. The highest BCUT2D eigenvalue weighted by Crippen LogP contribution is 2.03. The zero-order valence-corrected chi connectivity index (χ0v) is 6.10. The largest absolute Gasteiger partial charge is 0.478 e. The minimum atomic E-state index is -1.48. The maximum Gasteiger partial charge on any atom is 0.334 e. The maximum absolute atomic E-state index is 10.3. The topological polar surface area (TPSA) is 94.8 Å². The lowest BCUT2D eigenvalue weighted by Gasteiger charge is -2.03. The fourth-order valence-electron chi connectivity index (χ4n) is 0.534. The first kappa shape index (κ1) is 10.4. The lowest BCUT2D eigenvalue weighted by atomic mass is 10.1. The Bertz CT molecular complexity index is 240. The van der Waals surface area contributed by atoms with Gasteiger partial charge in [0.1, 0.15) is 6.10 Å². The van der Waals surface area contributed by atoms with Crippen molar-refractivity contribution in [1.82, 2.24) is 0 Å². The predicted octanol–water partition coefficient (Wildman–Crippen LogP) is -0.371. The molecule has 12 heavy (non-hydrogen) atoms. The molecule has 0 aliphatic rings. The Kier molecular flexibility index (Phi) is 3.72. The standard InChI is InChI=1S/C7H8O5/c1-2-5(8)4(7(11)12)3-6(9)10/h2-3,5,8H,1H2,(H,9,10)(H,11,12). The van der Waals surface area contributed by atoms with Crippen LogP contribution in [0.4, 0.5) is 0 Å². The monoisotopic (exact) mass is 172 g/mol. The highest BCUT2D eigenvalue weighted by molar-refractivity contribution is 5.95. The van der Waals surface area contributed by atoms with E-state index in [2.05, 4.69) is 6.58 Å². The van der Waals surface area contributed by atoms with E-state index in [0.717, 1.165) is 6.08 Å². The van der Waals surface area contributed by atoms with E-state index in [1.54, 1.807) is 0 Å². The zero-order valence-electron chi connectivity index (χ0n) is 6.10. The van der Waals surface area contributed by atoms with Crippen LogP contribution in [-0.4, -0.2) is 33.4 Å². The zero-order chi connectivity index (χ0) is 9.72. The second kappa shape index (κ2) is 4.30. The number of aliphatic hydroxyl groups excluding tert-OH is 1. The summed E-state index contributed by atoms with van der Waals surface area (Å²) in [5.41, 5.74) is -0.613. The molecule has 3 N–H and O–H groups in total. The van der Waals surface area contributed by atoms with Gasteiger partial charge in [0.15, 0.2) is 0 Å². The molecular formula is C7H8O5. The van der Waals surface area contributed by atoms with E-state index in [1.807, 2.05) is 0 Å². The summed E-state index contributed by atoms with van der Waals surface area (Å²) in [5.74, 6) is -2.90. The van der Waals surface area contributed by atoms with Crippen LogP contribution < -0.4 is 0 Å². The summed E-state index contributed by atoms with van der Waals surface area (Å²) in [5, 5.41) is 25.5. The van der Waals surface area contributed by atoms with Gasteiger partial charge < -0.3 is 15.3 Å². The first-order valence-electron chi connectivity index (χ1n) is 2.97. The van der Waals surface area contributed by atoms with Crippen LogP contribution in [0.3, 0.4) is 0 Å². The summed E-state index contributed by atoms with van der Waals surface area (Å²) < 4.78 is 0. The van der Waals surface area contributed by atoms with Gasteiger partial charge in [-0.05, 0) is 0 Å². The molecule has 0 fully saturated rings. The summed E-state index contributed by atoms with van der Waals surface area (Å²) in [6.07, 6.45) is -0.101. The minimum Gasteiger partial charge on any atom is -0.478 e. The molecule has 66 valence electrons. The quantitative estimate of drug-likeness (QED) is 0.397. The van der Waals surface area contributed by atoms with Crippen molar-refractivity contribution < 1.29 is 24.9 Å². The summed E-state index contributed by atoms with van der Waals surface area (Å²) in [7, 11) is 0. The van der Waals surface area contributed by atoms with Crippen molar-refractivity contribution in [1.29, 1.82) is 0 Å². The molecule has 0 aliphatic heterocycles. The van der Waals surface area contributed by atoms with E-state index in [0.29, 0.717) is 6.08 Å². The molecule has 0 spiro atoms. The van der Waals surface area contributed by atoms with Crippen LogP contribution >= 0.6 is 0 Å². The van der Waals surface area contributed by atoms with Crippen molar-refractivity contribution in [3.05, 3.63) is 24.3 Å². The Morgan fingerprint density at radius 2 is 1.83 bits per heavy atom. The van der Waals surface area contributed by atoms with Crippen molar-refractivity contribution >= 4 is 11.9 Å². The van der Waals surface area contributed by atoms with Crippen LogP contribution in [0.15, 0.2) is 24.3 Å². The van der Waals surface area contributed by atoms with Crippen LogP contribution in [0, 0.1) is 0 Å². The fourth-order valence-corrected chi connectivity index (χ4v) is 0.534. The van der Waals surface area contributed by atoms with Crippen LogP contribution in [0.25, 0.3) is 0 Å². The number of carbonyl (C=O) groups is 2. The normalized spacial score (nSPS) is 13.6. The molecule has 0 amide bonds. The van der Waals surface area contributed by atoms with Gasteiger partial charge >= 0.3 is 11.9 Å². The van der Waals surface area contributed by atoms with Gasteiger partial charge in [0.05, 0.1) is 5.57 Å². The van der Waals surface area contributed by atoms with Gasteiger partial charge in [-0.3, -0.25) is 0 Å². The average molecular weight is 172 g/mol. The SMILES string of the molecule is C=CC(O)C(=CC(=O)O)C(=O)O. The van der Waals surface area contributed by atoms with Crippen LogP contribution in [0.5, 0.6) is 0 Å². The Labute approximate surface area is 68.3 Å². The number of carboxylic acids is 2. The molecule has 0 aromatic heterocycles. The number of hydrogen-bond donors (Lipinski definition) is 3.